The average Bonchev–Trinajstić information content (AvgIpc) is 2.12. The fourth-order valence-corrected chi connectivity index (χ4v) is 1.62. The molecule has 6 heteroatoms. The maximum Gasteiger partial charge on any atom is 0.410 e. The normalized spacial score (nSPS) is 24.0. The molecular formula is C11H16F2N2O2. The third-order valence-corrected chi connectivity index (χ3v) is 2.22. The zero-order chi connectivity index (χ0) is 13.3. The Balaban J connectivity index is 2.71. The van der Waals surface area contributed by atoms with E-state index in [1.165, 1.54) is 0 Å². The molecule has 1 atom stereocenters. The van der Waals surface area contributed by atoms with Gasteiger partial charge in [0.2, 0.25) is 6.04 Å². The molecule has 1 amide bonds. The van der Waals surface area contributed by atoms with Gasteiger partial charge in [-0.05, 0) is 20.8 Å². The van der Waals surface area contributed by atoms with Crippen LogP contribution in [0.2, 0.25) is 0 Å². The van der Waals surface area contributed by atoms with Crippen LogP contribution in [0.1, 0.15) is 27.2 Å². The van der Waals surface area contributed by atoms with E-state index in [1.54, 1.807) is 20.8 Å². The first-order chi connectivity index (χ1) is 7.63. The largest absolute Gasteiger partial charge is 0.444 e. The average molecular weight is 246 g/mol. The topological polar surface area (TPSA) is 33.9 Å². The minimum atomic E-state index is -3.01. The highest BCUT2D eigenvalue weighted by Gasteiger charge is 2.46. The minimum Gasteiger partial charge on any atom is -0.444 e. The summed E-state index contributed by atoms with van der Waals surface area (Å²) in [4.78, 5) is 15.6. The Hall–Kier alpha value is -1.38. The summed E-state index contributed by atoms with van der Waals surface area (Å²) in [6, 6.07) is -0.855. The molecule has 1 aliphatic rings. The van der Waals surface area contributed by atoms with Crippen LogP contribution < -0.4 is 0 Å². The highest BCUT2D eigenvalue weighted by Crippen LogP contribution is 2.29. The van der Waals surface area contributed by atoms with Gasteiger partial charge in [-0.15, -0.1) is 0 Å². The van der Waals surface area contributed by atoms with E-state index in [-0.39, 0.29) is 6.54 Å². The van der Waals surface area contributed by atoms with Gasteiger partial charge in [0, 0.05) is 0 Å². The fraction of sp³-hybridized carbons (Fsp3) is 0.818. The van der Waals surface area contributed by atoms with Crippen molar-refractivity contribution >= 4 is 6.09 Å². The van der Waals surface area contributed by atoms with E-state index in [4.69, 9.17) is 11.3 Å². The van der Waals surface area contributed by atoms with Crippen LogP contribution in [0.25, 0.3) is 4.85 Å². The van der Waals surface area contributed by atoms with Crippen LogP contribution in [0, 0.1) is 6.57 Å². The number of carbonyl (C=O) groups excluding carboxylic acids is 1. The van der Waals surface area contributed by atoms with Crippen molar-refractivity contribution in [3.05, 3.63) is 11.4 Å². The molecule has 0 aromatic rings. The summed E-state index contributed by atoms with van der Waals surface area (Å²) < 4.78 is 31.6. The summed E-state index contributed by atoms with van der Waals surface area (Å²) in [6.07, 6.45) is -1.28. The summed E-state index contributed by atoms with van der Waals surface area (Å²) in [5.74, 6) is -3.01. The monoisotopic (exact) mass is 246 g/mol. The fourth-order valence-electron chi connectivity index (χ4n) is 1.62. The predicted octanol–water partition coefficient (Wildman–Crippen LogP) is 2.55. The number of hydrogen-bond donors (Lipinski definition) is 0. The number of amides is 1. The van der Waals surface area contributed by atoms with Crippen molar-refractivity contribution in [1.82, 2.24) is 4.90 Å². The van der Waals surface area contributed by atoms with E-state index < -0.39 is 36.6 Å². The SMILES string of the molecule is [C-]#[N+]C1CN(C(=O)OC(C)(C)C)CC(F)(F)C1. The van der Waals surface area contributed by atoms with E-state index in [1.807, 2.05) is 0 Å². The number of rotatable bonds is 0. The van der Waals surface area contributed by atoms with Crippen LogP contribution in [-0.2, 0) is 4.74 Å². The van der Waals surface area contributed by atoms with Crippen LogP contribution in [0.15, 0.2) is 0 Å². The molecule has 0 aromatic carbocycles. The van der Waals surface area contributed by atoms with E-state index in [0.717, 1.165) is 4.90 Å². The molecular weight excluding hydrogens is 230 g/mol. The lowest BCUT2D eigenvalue weighted by Crippen LogP contribution is -2.51. The summed E-state index contributed by atoms with van der Waals surface area (Å²) in [7, 11) is 0. The maximum absolute atomic E-state index is 13.3. The van der Waals surface area contributed by atoms with Crippen molar-refractivity contribution in [1.29, 1.82) is 0 Å². The lowest BCUT2D eigenvalue weighted by Gasteiger charge is -2.34. The summed E-state index contributed by atoms with van der Waals surface area (Å²) in [5.41, 5.74) is -0.725. The molecule has 17 heavy (non-hydrogen) atoms. The van der Waals surface area contributed by atoms with Crippen LogP contribution in [-0.4, -0.2) is 41.6 Å². The molecule has 0 aromatic heterocycles. The number of ether oxygens (including phenoxy) is 1. The molecule has 0 aliphatic carbocycles. The second-order valence-electron chi connectivity index (χ2n) is 5.20. The molecule has 0 saturated carbocycles. The van der Waals surface area contributed by atoms with Gasteiger partial charge in [0.05, 0.1) is 19.5 Å². The number of likely N-dealkylation sites (tertiary alicyclic amines) is 1. The third-order valence-electron chi connectivity index (χ3n) is 2.22. The Morgan fingerprint density at radius 2 is 2.12 bits per heavy atom. The Kier molecular flexibility index (Phi) is 3.60. The van der Waals surface area contributed by atoms with E-state index in [9.17, 15) is 13.6 Å². The van der Waals surface area contributed by atoms with Crippen LogP contribution in [0.4, 0.5) is 13.6 Å². The molecule has 4 nitrogen and oxygen atoms in total. The van der Waals surface area contributed by atoms with Gasteiger partial charge in [-0.2, -0.15) is 0 Å². The quantitative estimate of drug-likeness (QED) is 0.615. The van der Waals surface area contributed by atoms with Gasteiger partial charge in [0.1, 0.15) is 5.60 Å². The molecule has 0 N–H and O–H groups in total. The number of halogens is 2. The molecule has 1 aliphatic heterocycles. The Morgan fingerprint density at radius 3 is 2.59 bits per heavy atom. The molecule has 1 heterocycles. The Bertz CT molecular complexity index is 344. The van der Waals surface area contributed by atoms with Gasteiger partial charge in [-0.1, -0.05) is 0 Å². The first kappa shape index (κ1) is 13.7. The molecule has 0 radical (unpaired) electrons. The van der Waals surface area contributed by atoms with Gasteiger partial charge in [0.25, 0.3) is 5.92 Å². The second-order valence-corrected chi connectivity index (χ2v) is 5.20. The number of hydrogen-bond acceptors (Lipinski definition) is 2. The number of alkyl halides is 2. The van der Waals surface area contributed by atoms with Gasteiger partial charge < -0.3 is 9.58 Å². The summed E-state index contributed by atoms with van der Waals surface area (Å²) in [6.45, 7) is 11.1. The lowest BCUT2D eigenvalue weighted by molar-refractivity contribution is -0.0706. The summed E-state index contributed by atoms with van der Waals surface area (Å²) >= 11 is 0. The third kappa shape index (κ3) is 4.17. The van der Waals surface area contributed by atoms with Crippen LogP contribution in [0.5, 0.6) is 0 Å². The smallest absolute Gasteiger partial charge is 0.410 e. The minimum absolute atomic E-state index is 0.00794. The number of piperidine rings is 1. The highest BCUT2D eigenvalue weighted by atomic mass is 19.3. The number of nitrogens with zero attached hydrogens (tertiary/aromatic N) is 2. The molecule has 0 bridgehead atoms. The van der Waals surface area contributed by atoms with Crippen molar-refractivity contribution in [2.24, 2.45) is 0 Å². The first-order valence-electron chi connectivity index (χ1n) is 5.35. The maximum atomic E-state index is 13.3. The predicted molar refractivity (Wildman–Crippen MR) is 57.8 cm³/mol. The molecule has 96 valence electrons. The Labute approximate surface area is 99.4 Å². The molecule has 0 spiro atoms. The second kappa shape index (κ2) is 4.47. The standard InChI is InChI=1S/C11H16F2N2O2/c1-10(2,3)17-9(16)15-6-8(14-4)5-11(12,13)7-15/h8H,5-7H2,1-3H3. The number of carbonyl (C=O) groups is 1. The van der Waals surface area contributed by atoms with Crippen molar-refractivity contribution in [3.8, 4) is 0 Å². The van der Waals surface area contributed by atoms with Crippen molar-refractivity contribution in [3.63, 3.8) is 0 Å². The molecule has 1 saturated heterocycles. The van der Waals surface area contributed by atoms with Gasteiger partial charge >= 0.3 is 6.09 Å². The van der Waals surface area contributed by atoms with E-state index >= 15 is 0 Å². The Morgan fingerprint density at radius 1 is 1.53 bits per heavy atom. The van der Waals surface area contributed by atoms with Crippen LogP contribution in [0.3, 0.4) is 0 Å². The zero-order valence-electron chi connectivity index (χ0n) is 10.2. The van der Waals surface area contributed by atoms with Gasteiger partial charge in [-0.25, -0.2) is 20.1 Å². The first-order valence-corrected chi connectivity index (χ1v) is 5.35. The molecule has 1 unspecified atom stereocenters. The molecule has 1 rings (SSSR count). The van der Waals surface area contributed by atoms with Crippen molar-refractivity contribution in [2.75, 3.05) is 13.1 Å². The van der Waals surface area contributed by atoms with E-state index in [0.29, 0.717) is 0 Å². The summed E-state index contributed by atoms with van der Waals surface area (Å²) in [5, 5.41) is 0. The highest BCUT2D eigenvalue weighted by molar-refractivity contribution is 5.68. The van der Waals surface area contributed by atoms with Gasteiger partial charge in [-0.3, -0.25) is 4.90 Å². The lowest BCUT2D eigenvalue weighted by atomic mass is 10.0. The zero-order valence-corrected chi connectivity index (χ0v) is 10.2. The van der Waals surface area contributed by atoms with E-state index in [2.05, 4.69) is 4.85 Å². The van der Waals surface area contributed by atoms with Crippen molar-refractivity contribution in [2.45, 2.75) is 44.8 Å². The van der Waals surface area contributed by atoms with Gasteiger partial charge in [0.15, 0.2) is 0 Å². The molecule has 1 fully saturated rings. The van der Waals surface area contributed by atoms with Crippen LogP contribution >= 0.6 is 0 Å². The van der Waals surface area contributed by atoms with Crippen molar-refractivity contribution < 1.29 is 18.3 Å².